The average molecular weight is 347 g/mol. The van der Waals surface area contributed by atoms with Crippen LogP contribution < -0.4 is 14.8 Å². The Bertz CT molecular complexity index is 858. The zero-order valence-corrected chi connectivity index (χ0v) is 13.8. The van der Waals surface area contributed by atoms with Crippen molar-refractivity contribution in [1.82, 2.24) is 15.2 Å². The van der Waals surface area contributed by atoms with Gasteiger partial charge in [-0.05, 0) is 18.2 Å². The number of methoxy groups -OCH3 is 2. The van der Waals surface area contributed by atoms with Gasteiger partial charge in [-0.2, -0.15) is 5.10 Å². The molecule has 24 heavy (non-hydrogen) atoms. The molecular formula is C16H15ClN4O3. The number of hydrogen-bond donors (Lipinski definition) is 3. The fraction of sp³-hybridized carbons (Fsp3) is 0.125. The second kappa shape index (κ2) is 6.67. The molecule has 0 saturated heterocycles. The highest BCUT2D eigenvalue weighted by molar-refractivity contribution is 6.32. The van der Waals surface area contributed by atoms with Gasteiger partial charge >= 0.3 is 0 Å². The van der Waals surface area contributed by atoms with E-state index in [0.29, 0.717) is 33.6 Å². The van der Waals surface area contributed by atoms with Crippen LogP contribution in [0.5, 0.6) is 11.5 Å². The van der Waals surface area contributed by atoms with Crippen molar-refractivity contribution >= 4 is 23.2 Å². The van der Waals surface area contributed by atoms with E-state index in [1.54, 1.807) is 30.6 Å². The molecule has 0 bridgehead atoms. The summed E-state index contributed by atoms with van der Waals surface area (Å²) in [7, 11) is 3.00. The first-order chi connectivity index (χ1) is 11.6. The number of rotatable bonds is 5. The van der Waals surface area contributed by atoms with Crippen LogP contribution >= 0.6 is 11.6 Å². The van der Waals surface area contributed by atoms with Crippen LogP contribution in [-0.2, 0) is 0 Å². The van der Waals surface area contributed by atoms with Crippen LogP contribution in [0.15, 0.2) is 36.7 Å². The third-order valence-corrected chi connectivity index (χ3v) is 3.73. The molecule has 3 rings (SSSR count). The summed E-state index contributed by atoms with van der Waals surface area (Å²) in [5.41, 5.74) is 2.31. The van der Waals surface area contributed by atoms with Crippen molar-refractivity contribution in [2.45, 2.75) is 0 Å². The lowest BCUT2D eigenvalue weighted by Gasteiger charge is -2.12. The fourth-order valence-electron chi connectivity index (χ4n) is 2.22. The molecule has 0 aliphatic carbocycles. The van der Waals surface area contributed by atoms with E-state index in [4.69, 9.17) is 21.1 Å². The Morgan fingerprint density at radius 2 is 2.00 bits per heavy atom. The number of ether oxygens (including phenoxy) is 2. The molecule has 0 aliphatic rings. The van der Waals surface area contributed by atoms with Gasteiger partial charge in [-0.25, -0.2) is 0 Å². The van der Waals surface area contributed by atoms with Gasteiger partial charge in [-0.15, -0.1) is 0 Å². The van der Waals surface area contributed by atoms with Crippen LogP contribution in [0.25, 0.3) is 11.3 Å². The van der Waals surface area contributed by atoms with E-state index < -0.39 is 0 Å². The lowest BCUT2D eigenvalue weighted by atomic mass is 10.2. The molecule has 0 fully saturated rings. The first kappa shape index (κ1) is 15.9. The molecule has 0 unspecified atom stereocenters. The summed E-state index contributed by atoms with van der Waals surface area (Å²) in [5, 5.41) is 9.95. The summed E-state index contributed by atoms with van der Waals surface area (Å²) in [6.45, 7) is 0. The van der Waals surface area contributed by atoms with Gasteiger partial charge in [-0.1, -0.05) is 11.6 Å². The van der Waals surface area contributed by atoms with Crippen LogP contribution in [0.4, 0.5) is 5.69 Å². The number of anilines is 1. The van der Waals surface area contributed by atoms with Crippen molar-refractivity contribution in [3.05, 3.63) is 47.4 Å². The Balaban J connectivity index is 1.83. The number of carbonyl (C=O) groups excluding carboxylic acids is 1. The Kier molecular flexibility index (Phi) is 4.43. The number of halogens is 1. The van der Waals surface area contributed by atoms with Crippen LogP contribution in [0, 0.1) is 0 Å². The lowest BCUT2D eigenvalue weighted by Crippen LogP contribution is -2.13. The SMILES string of the molecule is COc1cc(OC)c(NC(=O)c2cc(-c3cc[nH]c3)n[nH]2)cc1Cl. The maximum atomic E-state index is 12.4. The molecule has 3 aromatic rings. The monoisotopic (exact) mass is 346 g/mol. The minimum atomic E-state index is -0.358. The van der Waals surface area contributed by atoms with Crippen LogP contribution in [0.2, 0.25) is 5.02 Å². The zero-order chi connectivity index (χ0) is 17.1. The van der Waals surface area contributed by atoms with Crippen molar-refractivity contribution in [1.29, 1.82) is 0 Å². The van der Waals surface area contributed by atoms with E-state index in [1.165, 1.54) is 14.2 Å². The molecule has 3 N–H and O–H groups in total. The molecule has 2 aromatic heterocycles. The Hall–Kier alpha value is -2.93. The fourth-order valence-corrected chi connectivity index (χ4v) is 2.46. The quantitative estimate of drug-likeness (QED) is 0.660. The van der Waals surface area contributed by atoms with E-state index in [2.05, 4.69) is 20.5 Å². The van der Waals surface area contributed by atoms with Gasteiger partial charge in [0.2, 0.25) is 0 Å². The summed E-state index contributed by atoms with van der Waals surface area (Å²) < 4.78 is 10.4. The van der Waals surface area contributed by atoms with Gasteiger partial charge in [0.25, 0.3) is 5.91 Å². The molecule has 124 valence electrons. The largest absolute Gasteiger partial charge is 0.495 e. The standard InChI is InChI=1S/C16H15ClN4O3/c1-23-14-7-15(24-2)12(5-10(14)17)19-16(22)13-6-11(20-21-13)9-3-4-18-8-9/h3-8,18H,1-2H3,(H,19,22)(H,20,21). The second-order valence-corrected chi connectivity index (χ2v) is 5.31. The molecule has 0 radical (unpaired) electrons. The predicted octanol–water partition coefficient (Wildman–Crippen LogP) is 3.33. The van der Waals surface area contributed by atoms with Crippen molar-refractivity contribution in [2.24, 2.45) is 0 Å². The molecule has 7 nitrogen and oxygen atoms in total. The molecule has 0 aliphatic heterocycles. The minimum Gasteiger partial charge on any atom is -0.495 e. The summed E-state index contributed by atoms with van der Waals surface area (Å²) in [6.07, 6.45) is 3.58. The third-order valence-electron chi connectivity index (χ3n) is 3.44. The molecule has 0 saturated carbocycles. The van der Waals surface area contributed by atoms with Crippen LogP contribution in [-0.4, -0.2) is 35.3 Å². The minimum absolute atomic E-state index is 0.320. The zero-order valence-electron chi connectivity index (χ0n) is 13.0. The number of H-pyrrole nitrogens is 2. The average Bonchev–Trinajstić information content (AvgIpc) is 3.26. The lowest BCUT2D eigenvalue weighted by molar-refractivity contribution is 0.102. The van der Waals surface area contributed by atoms with Gasteiger partial charge in [0.15, 0.2) is 0 Å². The van der Waals surface area contributed by atoms with Crippen molar-refractivity contribution in [3.63, 3.8) is 0 Å². The Morgan fingerprint density at radius 1 is 1.21 bits per heavy atom. The van der Waals surface area contributed by atoms with Crippen LogP contribution in [0.1, 0.15) is 10.5 Å². The molecule has 1 aromatic carbocycles. The molecule has 2 heterocycles. The van der Waals surface area contributed by atoms with E-state index in [-0.39, 0.29) is 5.91 Å². The predicted molar refractivity (Wildman–Crippen MR) is 90.9 cm³/mol. The number of aromatic nitrogens is 3. The summed E-state index contributed by atoms with van der Waals surface area (Å²) >= 11 is 6.10. The highest BCUT2D eigenvalue weighted by Gasteiger charge is 2.16. The van der Waals surface area contributed by atoms with Gasteiger partial charge in [0.05, 0.1) is 30.6 Å². The first-order valence-electron chi connectivity index (χ1n) is 7.04. The number of amides is 1. The number of hydrogen-bond acceptors (Lipinski definition) is 4. The number of aromatic amines is 2. The van der Waals surface area contributed by atoms with E-state index in [0.717, 1.165) is 5.56 Å². The van der Waals surface area contributed by atoms with E-state index >= 15 is 0 Å². The van der Waals surface area contributed by atoms with E-state index in [1.807, 2.05) is 6.07 Å². The first-order valence-corrected chi connectivity index (χ1v) is 7.41. The Morgan fingerprint density at radius 3 is 2.67 bits per heavy atom. The van der Waals surface area contributed by atoms with E-state index in [9.17, 15) is 4.79 Å². The summed E-state index contributed by atoms with van der Waals surface area (Å²) in [5.74, 6) is 0.543. The molecular weight excluding hydrogens is 332 g/mol. The smallest absolute Gasteiger partial charge is 0.273 e. The maximum absolute atomic E-state index is 12.4. The molecule has 1 amide bonds. The van der Waals surface area contributed by atoms with Gasteiger partial charge in [0.1, 0.15) is 17.2 Å². The normalized spacial score (nSPS) is 10.5. The van der Waals surface area contributed by atoms with Crippen molar-refractivity contribution in [2.75, 3.05) is 19.5 Å². The van der Waals surface area contributed by atoms with Gasteiger partial charge in [-0.3, -0.25) is 9.89 Å². The van der Waals surface area contributed by atoms with Crippen LogP contribution in [0.3, 0.4) is 0 Å². The van der Waals surface area contributed by atoms with Gasteiger partial charge in [0, 0.05) is 24.0 Å². The van der Waals surface area contributed by atoms with Crippen molar-refractivity contribution in [3.8, 4) is 22.8 Å². The van der Waals surface area contributed by atoms with Gasteiger partial charge < -0.3 is 19.8 Å². The maximum Gasteiger partial charge on any atom is 0.273 e. The number of benzene rings is 1. The molecule has 8 heteroatoms. The number of nitrogens with zero attached hydrogens (tertiary/aromatic N) is 1. The highest BCUT2D eigenvalue weighted by atomic mass is 35.5. The topological polar surface area (TPSA) is 92.0 Å². The van der Waals surface area contributed by atoms with Crippen molar-refractivity contribution < 1.29 is 14.3 Å². The number of carbonyl (C=O) groups is 1. The highest BCUT2D eigenvalue weighted by Crippen LogP contribution is 2.36. The number of nitrogens with one attached hydrogen (secondary N) is 3. The summed E-state index contributed by atoms with van der Waals surface area (Å²) in [4.78, 5) is 15.4. The third kappa shape index (κ3) is 3.07. The second-order valence-electron chi connectivity index (χ2n) is 4.91. The molecule has 0 atom stereocenters. The summed E-state index contributed by atoms with van der Waals surface area (Å²) in [6, 6.07) is 6.71. The molecule has 0 spiro atoms. The Labute approximate surface area is 142 Å².